The third kappa shape index (κ3) is 4.21. The van der Waals surface area contributed by atoms with Gasteiger partial charge in [-0.2, -0.15) is 0 Å². The van der Waals surface area contributed by atoms with Crippen molar-refractivity contribution >= 4 is 0 Å². The summed E-state index contributed by atoms with van der Waals surface area (Å²) in [4.78, 5) is 5.25. The highest BCUT2D eigenvalue weighted by Crippen LogP contribution is 2.29. The lowest BCUT2D eigenvalue weighted by Crippen LogP contribution is -2.48. The Morgan fingerprint density at radius 2 is 1.35 bits per heavy atom. The summed E-state index contributed by atoms with van der Waals surface area (Å²) in [6.45, 7) is 10.4. The lowest BCUT2D eigenvalue weighted by atomic mass is 9.94. The molecule has 1 aliphatic heterocycles. The van der Waals surface area contributed by atoms with Crippen LogP contribution in [0.3, 0.4) is 0 Å². The maximum atomic E-state index is 2.67. The molecule has 1 saturated heterocycles. The molecule has 3 rings (SSSR count). The van der Waals surface area contributed by atoms with Crippen LogP contribution in [-0.4, -0.2) is 36.0 Å². The van der Waals surface area contributed by atoms with Crippen LogP contribution >= 0.6 is 0 Å². The predicted molar refractivity (Wildman–Crippen MR) is 97.3 cm³/mol. The van der Waals surface area contributed by atoms with Gasteiger partial charge in [-0.15, -0.1) is 0 Å². The fourth-order valence-electron chi connectivity index (χ4n) is 3.71. The zero-order valence-corrected chi connectivity index (χ0v) is 14.4. The molecule has 23 heavy (non-hydrogen) atoms. The van der Waals surface area contributed by atoms with Crippen LogP contribution in [0.2, 0.25) is 0 Å². The van der Waals surface area contributed by atoms with Gasteiger partial charge >= 0.3 is 0 Å². The summed E-state index contributed by atoms with van der Waals surface area (Å²) in [5, 5.41) is 0. The predicted octanol–water partition coefficient (Wildman–Crippen LogP) is 4.20. The first-order valence-electron chi connectivity index (χ1n) is 8.79. The van der Waals surface area contributed by atoms with E-state index in [1.54, 1.807) is 0 Å². The standard InChI is InChI=1S/C21H28N2/c1-18(2)21(20-11-7-4-8-12-20)23-15-13-22(14-16-23)17-19-9-5-3-6-10-19/h3-12,18,21H,13-17H2,1-2H3. The van der Waals surface area contributed by atoms with Gasteiger partial charge < -0.3 is 0 Å². The van der Waals surface area contributed by atoms with E-state index in [1.165, 1.54) is 11.1 Å². The van der Waals surface area contributed by atoms with Crippen LogP contribution in [0, 0.1) is 5.92 Å². The summed E-state index contributed by atoms with van der Waals surface area (Å²) in [5.74, 6) is 0.637. The molecule has 2 aromatic carbocycles. The number of hydrogen-bond acceptors (Lipinski definition) is 2. The van der Waals surface area contributed by atoms with Crippen LogP contribution in [0.25, 0.3) is 0 Å². The minimum absolute atomic E-state index is 0.537. The molecule has 2 nitrogen and oxygen atoms in total. The summed E-state index contributed by atoms with van der Waals surface area (Å²) in [7, 11) is 0. The highest BCUT2D eigenvalue weighted by atomic mass is 15.3. The van der Waals surface area contributed by atoms with Crippen molar-refractivity contribution in [2.24, 2.45) is 5.92 Å². The Balaban J connectivity index is 1.61. The molecule has 0 radical (unpaired) electrons. The van der Waals surface area contributed by atoms with Crippen LogP contribution in [0.5, 0.6) is 0 Å². The second kappa shape index (κ2) is 7.76. The van der Waals surface area contributed by atoms with Crippen LogP contribution in [0.4, 0.5) is 0 Å². The quantitative estimate of drug-likeness (QED) is 0.817. The molecule has 0 amide bonds. The van der Waals surface area contributed by atoms with Crippen molar-refractivity contribution in [2.75, 3.05) is 26.2 Å². The Morgan fingerprint density at radius 1 is 0.783 bits per heavy atom. The third-order valence-corrected chi connectivity index (χ3v) is 4.82. The molecule has 0 aromatic heterocycles. The SMILES string of the molecule is CC(C)C(c1ccccc1)N1CCN(Cc2ccccc2)CC1. The van der Waals surface area contributed by atoms with Crippen molar-refractivity contribution in [2.45, 2.75) is 26.4 Å². The van der Waals surface area contributed by atoms with Crippen LogP contribution < -0.4 is 0 Å². The Kier molecular flexibility index (Phi) is 5.47. The van der Waals surface area contributed by atoms with Crippen molar-refractivity contribution in [1.82, 2.24) is 9.80 Å². The van der Waals surface area contributed by atoms with Crippen molar-refractivity contribution < 1.29 is 0 Å². The van der Waals surface area contributed by atoms with Gasteiger partial charge in [-0.05, 0) is 17.0 Å². The maximum Gasteiger partial charge on any atom is 0.0372 e. The van der Waals surface area contributed by atoms with Gasteiger partial charge in [0.2, 0.25) is 0 Å². The number of benzene rings is 2. The molecule has 1 fully saturated rings. The van der Waals surface area contributed by atoms with Crippen molar-refractivity contribution in [3.8, 4) is 0 Å². The highest BCUT2D eigenvalue weighted by molar-refractivity contribution is 5.20. The second-order valence-electron chi connectivity index (χ2n) is 6.90. The van der Waals surface area contributed by atoms with Crippen molar-refractivity contribution in [3.63, 3.8) is 0 Å². The average molecular weight is 308 g/mol. The summed E-state index contributed by atoms with van der Waals surface area (Å²) < 4.78 is 0. The van der Waals surface area contributed by atoms with E-state index < -0.39 is 0 Å². The van der Waals surface area contributed by atoms with E-state index in [2.05, 4.69) is 84.3 Å². The average Bonchev–Trinajstić information content (AvgIpc) is 2.58. The zero-order valence-electron chi connectivity index (χ0n) is 14.4. The molecule has 1 aliphatic rings. The van der Waals surface area contributed by atoms with E-state index in [1.807, 2.05) is 0 Å². The van der Waals surface area contributed by atoms with Crippen molar-refractivity contribution in [1.29, 1.82) is 0 Å². The molecule has 1 heterocycles. The van der Waals surface area contributed by atoms with Crippen LogP contribution in [-0.2, 0) is 6.54 Å². The third-order valence-electron chi connectivity index (χ3n) is 4.82. The number of rotatable bonds is 5. The van der Waals surface area contributed by atoms with Crippen molar-refractivity contribution in [3.05, 3.63) is 71.8 Å². The maximum absolute atomic E-state index is 2.67. The lowest BCUT2D eigenvalue weighted by molar-refractivity contribution is 0.0723. The van der Waals surface area contributed by atoms with Gasteiger partial charge in [-0.3, -0.25) is 9.80 Å². The molecular weight excluding hydrogens is 280 g/mol. The molecule has 1 atom stereocenters. The van der Waals surface area contributed by atoms with Gasteiger partial charge in [-0.1, -0.05) is 74.5 Å². The summed E-state index contributed by atoms with van der Waals surface area (Å²) >= 11 is 0. The minimum atomic E-state index is 0.537. The lowest BCUT2D eigenvalue weighted by Gasteiger charge is -2.41. The van der Waals surface area contributed by atoms with Gasteiger partial charge in [0, 0.05) is 38.8 Å². The first-order valence-corrected chi connectivity index (χ1v) is 8.79. The Labute approximate surface area is 140 Å². The van der Waals surface area contributed by atoms with Gasteiger partial charge in [0.25, 0.3) is 0 Å². The number of nitrogens with zero attached hydrogens (tertiary/aromatic N) is 2. The summed E-state index contributed by atoms with van der Waals surface area (Å²) in [5.41, 5.74) is 2.88. The molecule has 0 spiro atoms. The van der Waals surface area contributed by atoms with E-state index >= 15 is 0 Å². The van der Waals surface area contributed by atoms with E-state index in [-0.39, 0.29) is 0 Å². The normalized spacial score (nSPS) is 18.2. The zero-order chi connectivity index (χ0) is 16.1. The first-order chi connectivity index (χ1) is 11.2. The Morgan fingerprint density at radius 3 is 1.91 bits per heavy atom. The van der Waals surface area contributed by atoms with Gasteiger partial charge in [0.15, 0.2) is 0 Å². The number of hydrogen-bond donors (Lipinski definition) is 0. The van der Waals surface area contributed by atoms with Gasteiger partial charge in [0.1, 0.15) is 0 Å². The number of piperazine rings is 1. The highest BCUT2D eigenvalue weighted by Gasteiger charge is 2.27. The van der Waals surface area contributed by atoms with Gasteiger partial charge in [0.05, 0.1) is 0 Å². The second-order valence-corrected chi connectivity index (χ2v) is 6.90. The van der Waals surface area contributed by atoms with Gasteiger partial charge in [-0.25, -0.2) is 0 Å². The Hall–Kier alpha value is -1.64. The monoisotopic (exact) mass is 308 g/mol. The summed E-state index contributed by atoms with van der Waals surface area (Å²) in [6, 6.07) is 22.4. The first kappa shape index (κ1) is 16.2. The minimum Gasteiger partial charge on any atom is -0.297 e. The van der Waals surface area contributed by atoms with Crippen LogP contribution in [0.1, 0.15) is 31.0 Å². The molecule has 0 bridgehead atoms. The smallest absolute Gasteiger partial charge is 0.0372 e. The fraction of sp³-hybridized carbons (Fsp3) is 0.429. The molecule has 2 aromatic rings. The van der Waals surface area contributed by atoms with E-state index in [4.69, 9.17) is 0 Å². The fourth-order valence-corrected chi connectivity index (χ4v) is 3.71. The molecule has 0 saturated carbocycles. The molecule has 0 N–H and O–H groups in total. The summed E-state index contributed by atoms with van der Waals surface area (Å²) in [6.07, 6.45) is 0. The van der Waals surface area contributed by atoms with Crippen LogP contribution in [0.15, 0.2) is 60.7 Å². The molecular formula is C21H28N2. The molecule has 2 heteroatoms. The molecule has 0 aliphatic carbocycles. The molecule has 1 unspecified atom stereocenters. The molecule has 122 valence electrons. The van der Waals surface area contributed by atoms with E-state index in [0.717, 1.165) is 32.7 Å². The van der Waals surface area contributed by atoms with E-state index in [9.17, 15) is 0 Å². The Bertz CT molecular complexity index is 571. The van der Waals surface area contributed by atoms with E-state index in [0.29, 0.717) is 12.0 Å². The largest absolute Gasteiger partial charge is 0.297 e. The topological polar surface area (TPSA) is 6.48 Å².